The van der Waals surface area contributed by atoms with Gasteiger partial charge in [0.15, 0.2) is 0 Å². The number of hydrogen-bond donors (Lipinski definition) is 2. The van der Waals surface area contributed by atoms with E-state index in [1.54, 1.807) is 24.3 Å². The summed E-state index contributed by atoms with van der Waals surface area (Å²) in [6.45, 7) is 3.89. The highest BCUT2D eigenvalue weighted by atomic mass is 35.6. The Morgan fingerprint density at radius 2 is 1.80 bits per heavy atom. The fourth-order valence-electron chi connectivity index (χ4n) is 2.29. The summed E-state index contributed by atoms with van der Waals surface area (Å²) in [5, 5.41) is 5.81. The normalized spacial score (nSPS) is 12.4. The first-order chi connectivity index (χ1) is 11.7. The van der Waals surface area contributed by atoms with E-state index in [1.807, 2.05) is 32.0 Å². The van der Waals surface area contributed by atoms with Crippen LogP contribution in [0.1, 0.15) is 21.5 Å². The Morgan fingerprint density at radius 1 is 1.12 bits per heavy atom. The van der Waals surface area contributed by atoms with Gasteiger partial charge in [0.2, 0.25) is 3.79 Å². The average Bonchev–Trinajstić information content (AvgIpc) is 2.56. The molecule has 2 N–H and O–H groups in total. The fraction of sp³-hybridized carbons (Fsp3) is 0.278. The molecule has 2 aromatic carbocycles. The number of carbonyl (C=O) groups excluding carboxylic acids is 1. The van der Waals surface area contributed by atoms with Crippen LogP contribution in [0.4, 0.5) is 5.69 Å². The van der Waals surface area contributed by atoms with Crippen molar-refractivity contribution in [2.45, 2.75) is 23.8 Å². The van der Waals surface area contributed by atoms with Crippen LogP contribution in [0.15, 0.2) is 42.5 Å². The van der Waals surface area contributed by atoms with Gasteiger partial charge < -0.3 is 15.4 Å². The predicted molar refractivity (Wildman–Crippen MR) is 104 cm³/mol. The van der Waals surface area contributed by atoms with E-state index in [4.69, 9.17) is 39.5 Å². The van der Waals surface area contributed by atoms with E-state index in [0.717, 1.165) is 16.8 Å². The second kappa shape index (κ2) is 8.17. The second-order valence-electron chi connectivity index (χ2n) is 5.61. The van der Waals surface area contributed by atoms with Crippen molar-refractivity contribution in [3.8, 4) is 5.75 Å². The van der Waals surface area contributed by atoms with Gasteiger partial charge in [-0.05, 0) is 43.2 Å². The molecule has 0 aromatic heterocycles. The van der Waals surface area contributed by atoms with Crippen LogP contribution < -0.4 is 15.4 Å². The molecule has 0 saturated carbocycles. The lowest BCUT2D eigenvalue weighted by atomic mass is 10.1. The lowest BCUT2D eigenvalue weighted by Gasteiger charge is -2.28. The Morgan fingerprint density at radius 3 is 2.44 bits per heavy atom. The molecule has 1 atom stereocenters. The van der Waals surface area contributed by atoms with Gasteiger partial charge in [-0.1, -0.05) is 59.1 Å². The van der Waals surface area contributed by atoms with E-state index in [-0.39, 0.29) is 0 Å². The van der Waals surface area contributed by atoms with Gasteiger partial charge in [0, 0.05) is 5.69 Å². The number of hydrogen-bond acceptors (Lipinski definition) is 3. The van der Waals surface area contributed by atoms with Crippen LogP contribution in [-0.4, -0.2) is 23.0 Å². The Balaban J connectivity index is 2.27. The standard InChI is InChI=1S/C18H19Cl3N2O2/c1-11-8-9-12(2)14(10-11)22-17(18(19,20)21)23-16(24)13-6-4-5-7-15(13)25-3/h4-10,17,22H,1-3H3,(H,23,24)/t17-/m1/s1. The van der Waals surface area contributed by atoms with Crippen molar-refractivity contribution in [3.05, 3.63) is 59.2 Å². The molecule has 0 fully saturated rings. The summed E-state index contributed by atoms with van der Waals surface area (Å²) < 4.78 is 3.45. The molecule has 0 spiro atoms. The van der Waals surface area contributed by atoms with E-state index in [1.165, 1.54) is 7.11 Å². The van der Waals surface area contributed by atoms with Gasteiger partial charge in [-0.25, -0.2) is 0 Å². The third-order valence-electron chi connectivity index (χ3n) is 3.65. The van der Waals surface area contributed by atoms with Crippen molar-refractivity contribution in [1.82, 2.24) is 5.32 Å². The van der Waals surface area contributed by atoms with Crippen LogP contribution in [0, 0.1) is 13.8 Å². The minimum absolute atomic E-state index is 0.354. The maximum Gasteiger partial charge on any atom is 0.256 e. The number of carbonyl (C=O) groups is 1. The van der Waals surface area contributed by atoms with Gasteiger partial charge in [0.25, 0.3) is 5.91 Å². The van der Waals surface area contributed by atoms with Gasteiger partial charge in [-0.3, -0.25) is 4.79 Å². The molecule has 1 amide bonds. The summed E-state index contributed by atoms with van der Waals surface area (Å²) in [6.07, 6.45) is -0.935. The number of amides is 1. The van der Waals surface area contributed by atoms with Crippen LogP contribution in [0.5, 0.6) is 5.75 Å². The molecule has 0 heterocycles. The maximum atomic E-state index is 12.6. The summed E-state index contributed by atoms with van der Waals surface area (Å²) >= 11 is 18.2. The molecule has 7 heteroatoms. The minimum atomic E-state index is -1.76. The molecule has 25 heavy (non-hydrogen) atoms. The highest BCUT2D eigenvalue weighted by molar-refractivity contribution is 6.68. The average molecular weight is 402 g/mol. The zero-order valence-corrected chi connectivity index (χ0v) is 16.3. The Hall–Kier alpha value is -1.62. The minimum Gasteiger partial charge on any atom is -0.496 e. The van der Waals surface area contributed by atoms with Gasteiger partial charge in [0.1, 0.15) is 11.9 Å². The van der Waals surface area contributed by atoms with Crippen LogP contribution in [0.3, 0.4) is 0 Å². The lowest BCUT2D eigenvalue weighted by molar-refractivity contribution is 0.0939. The van der Waals surface area contributed by atoms with Crippen LogP contribution in [0.2, 0.25) is 0 Å². The first-order valence-corrected chi connectivity index (χ1v) is 8.70. The van der Waals surface area contributed by atoms with Crippen molar-refractivity contribution >= 4 is 46.4 Å². The van der Waals surface area contributed by atoms with E-state index < -0.39 is 15.9 Å². The second-order valence-corrected chi connectivity index (χ2v) is 7.98. The highest BCUT2D eigenvalue weighted by Crippen LogP contribution is 2.32. The number of methoxy groups -OCH3 is 1. The number of aryl methyl sites for hydroxylation is 2. The number of rotatable bonds is 5. The van der Waals surface area contributed by atoms with Crippen LogP contribution in [-0.2, 0) is 0 Å². The quantitative estimate of drug-likeness (QED) is 0.556. The molecule has 2 aromatic rings. The topological polar surface area (TPSA) is 50.4 Å². The summed E-state index contributed by atoms with van der Waals surface area (Å²) in [6, 6.07) is 12.7. The monoisotopic (exact) mass is 400 g/mol. The predicted octanol–water partition coefficient (Wildman–Crippen LogP) is 4.85. The lowest BCUT2D eigenvalue weighted by Crippen LogP contribution is -2.49. The number of alkyl halides is 3. The third kappa shape index (κ3) is 5.18. The summed E-state index contributed by atoms with van der Waals surface area (Å²) in [4.78, 5) is 12.6. The first-order valence-electron chi connectivity index (χ1n) is 7.56. The van der Waals surface area contributed by atoms with Crippen molar-refractivity contribution in [3.63, 3.8) is 0 Å². The van der Waals surface area contributed by atoms with Crippen LogP contribution >= 0.6 is 34.8 Å². The van der Waals surface area contributed by atoms with Gasteiger partial charge >= 0.3 is 0 Å². The van der Waals surface area contributed by atoms with E-state index in [9.17, 15) is 4.79 Å². The SMILES string of the molecule is COc1ccccc1C(=O)N[C@@H](Nc1cc(C)ccc1C)C(Cl)(Cl)Cl. The molecular weight excluding hydrogens is 383 g/mol. The third-order valence-corrected chi connectivity index (χ3v) is 4.30. The van der Waals surface area contributed by atoms with Gasteiger partial charge in [0.05, 0.1) is 12.7 Å². The maximum absolute atomic E-state index is 12.6. The fourth-order valence-corrected chi connectivity index (χ4v) is 2.61. The van der Waals surface area contributed by atoms with Crippen molar-refractivity contribution < 1.29 is 9.53 Å². The van der Waals surface area contributed by atoms with E-state index in [2.05, 4.69) is 10.6 Å². The molecular formula is C18H19Cl3N2O2. The molecule has 4 nitrogen and oxygen atoms in total. The zero-order valence-electron chi connectivity index (χ0n) is 14.1. The molecule has 0 unspecified atom stereocenters. The number of nitrogens with one attached hydrogen (secondary N) is 2. The van der Waals surface area contributed by atoms with Crippen molar-refractivity contribution in [1.29, 1.82) is 0 Å². The summed E-state index contributed by atoms with van der Waals surface area (Å²) in [7, 11) is 1.49. The van der Waals surface area contributed by atoms with Gasteiger partial charge in [-0.2, -0.15) is 0 Å². The number of benzene rings is 2. The number of anilines is 1. The molecule has 0 aliphatic carbocycles. The van der Waals surface area contributed by atoms with Crippen molar-refractivity contribution in [2.75, 3.05) is 12.4 Å². The molecule has 0 saturated heterocycles. The van der Waals surface area contributed by atoms with E-state index >= 15 is 0 Å². The number of para-hydroxylation sites is 1. The Kier molecular flexibility index (Phi) is 6.44. The largest absolute Gasteiger partial charge is 0.496 e. The van der Waals surface area contributed by atoms with Crippen molar-refractivity contribution in [2.24, 2.45) is 0 Å². The molecule has 0 bridgehead atoms. The first kappa shape index (κ1) is 19.7. The van der Waals surface area contributed by atoms with Gasteiger partial charge in [-0.15, -0.1) is 0 Å². The Labute approximate surface area is 162 Å². The highest BCUT2D eigenvalue weighted by Gasteiger charge is 2.35. The summed E-state index contributed by atoms with van der Waals surface area (Å²) in [5.74, 6) is 0.0291. The summed E-state index contributed by atoms with van der Waals surface area (Å²) in [5.41, 5.74) is 3.15. The zero-order chi connectivity index (χ0) is 18.6. The van der Waals surface area contributed by atoms with E-state index in [0.29, 0.717) is 11.3 Å². The molecule has 134 valence electrons. The molecule has 0 aliphatic heterocycles. The molecule has 2 rings (SSSR count). The molecule has 0 radical (unpaired) electrons. The number of ether oxygens (including phenoxy) is 1. The molecule has 0 aliphatic rings. The Bertz CT molecular complexity index is 760. The smallest absolute Gasteiger partial charge is 0.256 e. The van der Waals surface area contributed by atoms with Crippen LogP contribution in [0.25, 0.3) is 0 Å². The number of halogens is 3.